The van der Waals surface area contributed by atoms with Crippen molar-refractivity contribution < 1.29 is 4.74 Å². The van der Waals surface area contributed by atoms with Crippen molar-refractivity contribution in [3.8, 4) is 0 Å². The summed E-state index contributed by atoms with van der Waals surface area (Å²) in [5.74, 6) is 0. The molecule has 1 N–H and O–H groups in total. The van der Waals surface area contributed by atoms with E-state index in [1.165, 1.54) is 0 Å². The molecule has 1 heterocycles. The monoisotopic (exact) mass is 237 g/mol. The fourth-order valence-electron chi connectivity index (χ4n) is 1.77. The first-order chi connectivity index (χ1) is 8.30. The number of likely N-dealkylation sites (N-methyl/N-ethyl adjacent to an activating group) is 2. The van der Waals surface area contributed by atoms with Gasteiger partial charge in [0.2, 0.25) is 0 Å². The highest BCUT2D eigenvalue weighted by Gasteiger charge is 2.11. The molecule has 0 aliphatic heterocycles. The van der Waals surface area contributed by atoms with Crippen LogP contribution in [0.25, 0.3) is 0 Å². The van der Waals surface area contributed by atoms with Crippen LogP contribution in [-0.2, 0) is 11.3 Å². The van der Waals surface area contributed by atoms with E-state index in [9.17, 15) is 0 Å². The van der Waals surface area contributed by atoms with Gasteiger partial charge in [-0.25, -0.2) is 0 Å². The molecular weight excluding hydrogens is 214 g/mol. The van der Waals surface area contributed by atoms with Crippen molar-refractivity contribution in [2.45, 2.75) is 19.5 Å². The standard InChI is InChI=1S/C13H23N3O/c1-4-16(10-13(14-2)11-17-3)9-12-7-5-6-8-15-12/h5-8,13-14H,4,9-11H2,1-3H3. The van der Waals surface area contributed by atoms with Crippen LogP contribution in [0.1, 0.15) is 12.6 Å². The molecule has 4 nitrogen and oxygen atoms in total. The van der Waals surface area contributed by atoms with Gasteiger partial charge in [0.15, 0.2) is 0 Å². The Morgan fingerprint density at radius 2 is 2.29 bits per heavy atom. The van der Waals surface area contributed by atoms with Crippen molar-refractivity contribution >= 4 is 0 Å². The molecule has 0 aliphatic rings. The highest BCUT2D eigenvalue weighted by Crippen LogP contribution is 2.02. The number of ether oxygens (including phenoxy) is 1. The van der Waals surface area contributed by atoms with Gasteiger partial charge in [0.1, 0.15) is 0 Å². The van der Waals surface area contributed by atoms with Crippen molar-refractivity contribution in [1.82, 2.24) is 15.2 Å². The van der Waals surface area contributed by atoms with Gasteiger partial charge in [-0.1, -0.05) is 13.0 Å². The van der Waals surface area contributed by atoms with Gasteiger partial charge in [0, 0.05) is 32.4 Å². The SMILES string of the molecule is CCN(Cc1ccccn1)CC(COC)NC. The molecule has 0 fully saturated rings. The lowest BCUT2D eigenvalue weighted by Crippen LogP contribution is -2.42. The molecule has 0 saturated carbocycles. The van der Waals surface area contributed by atoms with Gasteiger partial charge < -0.3 is 10.1 Å². The second-order valence-electron chi connectivity index (χ2n) is 4.09. The highest BCUT2D eigenvalue weighted by atomic mass is 16.5. The number of nitrogens with one attached hydrogen (secondary N) is 1. The number of nitrogens with zero attached hydrogens (tertiary/aromatic N) is 2. The van der Waals surface area contributed by atoms with Crippen LogP contribution in [-0.4, -0.2) is 49.8 Å². The minimum atomic E-state index is 0.365. The predicted molar refractivity (Wildman–Crippen MR) is 69.9 cm³/mol. The molecule has 1 unspecified atom stereocenters. The summed E-state index contributed by atoms with van der Waals surface area (Å²) in [6.45, 7) is 5.77. The molecule has 0 bridgehead atoms. The van der Waals surface area contributed by atoms with Gasteiger partial charge in [-0.2, -0.15) is 0 Å². The molecule has 1 atom stereocenters. The Labute approximate surface area is 104 Å². The Hall–Kier alpha value is -0.970. The van der Waals surface area contributed by atoms with Gasteiger partial charge in [-0.15, -0.1) is 0 Å². The third-order valence-electron chi connectivity index (χ3n) is 2.81. The molecule has 0 aliphatic carbocycles. The van der Waals surface area contributed by atoms with Crippen LogP contribution in [0.3, 0.4) is 0 Å². The molecule has 0 radical (unpaired) electrons. The smallest absolute Gasteiger partial charge is 0.0628 e. The van der Waals surface area contributed by atoms with Crippen LogP contribution in [0, 0.1) is 0 Å². The summed E-state index contributed by atoms with van der Waals surface area (Å²) in [7, 11) is 3.71. The zero-order valence-electron chi connectivity index (χ0n) is 11.0. The summed E-state index contributed by atoms with van der Waals surface area (Å²) in [4.78, 5) is 6.72. The number of rotatable bonds is 8. The van der Waals surface area contributed by atoms with Gasteiger partial charge in [-0.05, 0) is 25.7 Å². The maximum absolute atomic E-state index is 5.19. The molecule has 1 aromatic rings. The fourth-order valence-corrected chi connectivity index (χ4v) is 1.77. The second kappa shape index (κ2) is 8.17. The van der Waals surface area contributed by atoms with E-state index >= 15 is 0 Å². The fraction of sp³-hybridized carbons (Fsp3) is 0.615. The first-order valence-corrected chi connectivity index (χ1v) is 6.08. The van der Waals surface area contributed by atoms with E-state index in [4.69, 9.17) is 4.74 Å². The summed E-state index contributed by atoms with van der Waals surface area (Å²) in [5.41, 5.74) is 1.11. The summed E-state index contributed by atoms with van der Waals surface area (Å²) in [6.07, 6.45) is 1.84. The summed E-state index contributed by atoms with van der Waals surface area (Å²) < 4.78 is 5.19. The number of hydrogen-bond donors (Lipinski definition) is 1. The van der Waals surface area contributed by atoms with E-state index in [0.29, 0.717) is 6.04 Å². The Bertz CT molecular complexity index is 292. The van der Waals surface area contributed by atoms with E-state index in [-0.39, 0.29) is 0 Å². The molecule has 1 rings (SSSR count). The average molecular weight is 237 g/mol. The minimum Gasteiger partial charge on any atom is -0.383 e. The molecule has 1 aromatic heterocycles. The number of methoxy groups -OCH3 is 1. The minimum absolute atomic E-state index is 0.365. The molecular formula is C13H23N3O. The normalized spacial score (nSPS) is 12.9. The average Bonchev–Trinajstić information content (AvgIpc) is 2.38. The lowest BCUT2D eigenvalue weighted by molar-refractivity contribution is 0.140. The molecule has 17 heavy (non-hydrogen) atoms. The van der Waals surface area contributed by atoms with Gasteiger partial charge in [0.05, 0.1) is 12.3 Å². The highest BCUT2D eigenvalue weighted by molar-refractivity contribution is 5.03. The largest absolute Gasteiger partial charge is 0.383 e. The maximum atomic E-state index is 5.19. The summed E-state index contributed by atoms with van der Waals surface area (Å²) in [6, 6.07) is 6.40. The number of aromatic nitrogens is 1. The van der Waals surface area contributed by atoms with E-state index in [0.717, 1.165) is 31.9 Å². The van der Waals surface area contributed by atoms with Gasteiger partial charge in [0.25, 0.3) is 0 Å². The van der Waals surface area contributed by atoms with Crippen molar-refractivity contribution in [2.75, 3.05) is 33.9 Å². The third-order valence-corrected chi connectivity index (χ3v) is 2.81. The summed E-state index contributed by atoms with van der Waals surface area (Å²) >= 11 is 0. The number of pyridine rings is 1. The quantitative estimate of drug-likeness (QED) is 0.735. The van der Waals surface area contributed by atoms with Crippen LogP contribution in [0.5, 0.6) is 0 Å². The first kappa shape index (κ1) is 14.1. The van der Waals surface area contributed by atoms with Crippen LogP contribution in [0.4, 0.5) is 0 Å². The van der Waals surface area contributed by atoms with Crippen molar-refractivity contribution in [2.24, 2.45) is 0 Å². The Balaban J connectivity index is 2.48. The lowest BCUT2D eigenvalue weighted by Gasteiger charge is -2.25. The van der Waals surface area contributed by atoms with Crippen molar-refractivity contribution in [1.29, 1.82) is 0 Å². The molecule has 0 spiro atoms. The molecule has 0 saturated heterocycles. The maximum Gasteiger partial charge on any atom is 0.0628 e. The molecule has 96 valence electrons. The van der Waals surface area contributed by atoms with E-state index in [2.05, 4.69) is 28.2 Å². The van der Waals surface area contributed by atoms with Gasteiger partial charge >= 0.3 is 0 Å². The number of hydrogen-bond acceptors (Lipinski definition) is 4. The van der Waals surface area contributed by atoms with Crippen LogP contribution < -0.4 is 5.32 Å². The van der Waals surface area contributed by atoms with Crippen molar-refractivity contribution in [3.63, 3.8) is 0 Å². The topological polar surface area (TPSA) is 37.4 Å². The van der Waals surface area contributed by atoms with E-state index in [1.54, 1.807) is 7.11 Å². The second-order valence-corrected chi connectivity index (χ2v) is 4.09. The van der Waals surface area contributed by atoms with Gasteiger partial charge in [-0.3, -0.25) is 9.88 Å². The lowest BCUT2D eigenvalue weighted by atomic mass is 10.2. The first-order valence-electron chi connectivity index (χ1n) is 6.08. The Kier molecular flexibility index (Phi) is 6.77. The third kappa shape index (κ3) is 5.26. The zero-order chi connectivity index (χ0) is 12.5. The van der Waals surface area contributed by atoms with E-state index in [1.807, 2.05) is 25.4 Å². The Morgan fingerprint density at radius 1 is 1.47 bits per heavy atom. The van der Waals surface area contributed by atoms with Crippen LogP contribution in [0.15, 0.2) is 24.4 Å². The molecule has 0 amide bonds. The molecule has 4 heteroatoms. The van der Waals surface area contributed by atoms with Crippen LogP contribution >= 0.6 is 0 Å². The van der Waals surface area contributed by atoms with Crippen LogP contribution in [0.2, 0.25) is 0 Å². The van der Waals surface area contributed by atoms with E-state index < -0.39 is 0 Å². The Morgan fingerprint density at radius 3 is 2.82 bits per heavy atom. The predicted octanol–water partition coefficient (Wildman–Crippen LogP) is 1.14. The zero-order valence-corrected chi connectivity index (χ0v) is 11.0. The van der Waals surface area contributed by atoms with Crippen molar-refractivity contribution in [3.05, 3.63) is 30.1 Å². The molecule has 0 aromatic carbocycles. The summed E-state index contributed by atoms with van der Waals surface area (Å²) in [5, 5.41) is 3.27.